The molecule has 8 heteroatoms. The molecule has 198 valence electrons. The van der Waals surface area contributed by atoms with E-state index < -0.39 is 11.6 Å². The van der Waals surface area contributed by atoms with Gasteiger partial charge in [0.25, 0.3) is 5.91 Å². The van der Waals surface area contributed by atoms with E-state index in [-0.39, 0.29) is 29.7 Å². The zero-order valence-corrected chi connectivity index (χ0v) is 22.2. The van der Waals surface area contributed by atoms with Gasteiger partial charge in [-0.05, 0) is 79.2 Å². The Hall–Kier alpha value is -2.68. The summed E-state index contributed by atoms with van der Waals surface area (Å²) < 4.78 is 0. The van der Waals surface area contributed by atoms with Crippen LogP contribution in [0.2, 0.25) is 0 Å². The van der Waals surface area contributed by atoms with E-state index >= 15 is 0 Å². The molecule has 2 heterocycles. The predicted octanol–water partition coefficient (Wildman–Crippen LogP) is 3.52. The SMILES string of the molecule is O=C1CCC(N2Cc3c(SCc4ccc(CNC56CC7CC5CC(O)(C7)C6)cc4)cccc3C2=O)C(=O)N1. The highest BCUT2D eigenvalue weighted by Crippen LogP contribution is 2.62. The fourth-order valence-corrected chi connectivity index (χ4v) is 9.06. The van der Waals surface area contributed by atoms with Crippen LogP contribution in [0.25, 0.3) is 0 Å². The second-order valence-corrected chi connectivity index (χ2v) is 13.1. The van der Waals surface area contributed by atoms with Crippen molar-refractivity contribution in [3.05, 3.63) is 64.7 Å². The number of rotatable bonds is 7. The molecule has 7 nitrogen and oxygen atoms in total. The van der Waals surface area contributed by atoms with E-state index in [9.17, 15) is 19.5 Å². The Labute approximate surface area is 226 Å². The number of carbonyl (C=O) groups is 3. The number of nitrogens with one attached hydrogen (secondary N) is 2. The average Bonchev–Trinajstić information content (AvgIpc) is 3.42. The molecule has 4 saturated carbocycles. The van der Waals surface area contributed by atoms with Gasteiger partial charge >= 0.3 is 0 Å². The largest absolute Gasteiger partial charge is 0.390 e. The van der Waals surface area contributed by atoms with Gasteiger partial charge < -0.3 is 15.3 Å². The molecule has 8 rings (SSSR count). The summed E-state index contributed by atoms with van der Waals surface area (Å²) in [6, 6.07) is 13.9. The van der Waals surface area contributed by atoms with Gasteiger partial charge in [-0.25, -0.2) is 0 Å². The van der Waals surface area contributed by atoms with Crippen molar-refractivity contribution in [3.63, 3.8) is 0 Å². The van der Waals surface area contributed by atoms with Crippen LogP contribution in [-0.4, -0.2) is 44.9 Å². The standard InChI is InChI=1S/C30H33N3O4S/c34-26-9-8-24(27(35)32-26)33-15-23-22(28(33)36)2-1-3-25(23)38-16-19-6-4-18(5-7-19)14-31-30-12-20-10-21(30)13-29(37,11-20)17-30/h1-7,20-21,24,31,37H,8-17H2,(H,32,34,35). The average molecular weight is 532 g/mol. The summed E-state index contributed by atoms with van der Waals surface area (Å²) in [5.41, 5.74) is 3.79. The molecule has 0 radical (unpaired) electrons. The van der Waals surface area contributed by atoms with Crippen LogP contribution in [0.4, 0.5) is 0 Å². The van der Waals surface area contributed by atoms with E-state index in [1.165, 1.54) is 24.0 Å². The lowest BCUT2D eigenvalue weighted by Gasteiger charge is -2.38. The van der Waals surface area contributed by atoms with Crippen molar-refractivity contribution < 1.29 is 19.5 Å². The van der Waals surface area contributed by atoms with Crippen molar-refractivity contribution in [2.24, 2.45) is 11.8 Å². The highest BCUT2D eigenvalue weighted by atomic mass is 32.2. The van der Waals surface area contributed by atoms with Gasteiger partial charge in [-0.3, -0.25) is 19.7 Å². The summed E-state index contributed by atoms with van der Waals surface area (Å²) in [6.07, 6.45) is 5.97. The van der Waals surface area contributed by atoms with E-state index in [2.05, 4.69) is 34.9 Å². The van der Waals surface area contributed by atoms with E-state index in [1.807, 2.05) is 18.2 Å². The molecule has 4 bridgehead atoms. The van der Waals surface area contributed by atoms with E-state index in [0.29, 0.717) is 30.4 Å². The first-order valence-corrected chi connectivity index (χ1v) is 14.7. The molecule has 5 fully saturated rings. The number of aliphatic hydroxyl groups is 1. The van der Waals surface area contributed by atoms with E-state index in [0.717, 1.165) is 42.0 Å². The molecule has 38 heavy (non-hydrogen) atoms. The number of carbonyl (C=O) groups excluding carboxylic acids is 3. The second-order valence-electron chi connectivity index (χ2n) is 12.1. The van der Waals surface area contributed by atoms with Crippen LogP contribution in [0.3, 0.4) is 0 Å². The zero-order chi connectivity index (χ0) is 26.1. The van der Waals surface area contributed by atoms with Crippen molar-refractivity contribution in [3.8, 4) is 0 Å². The lowest BCUT2D eigenvalue weighted by Crippen LogP contribution is -2.52. The number of imide groups is 1. The summed E-state index contributed by atoms with van der Waals surface area (Å²) in [7, 11) is 0. The maximum absolute atomic E-state index is 13.1. The van der Waals surface area contributed by atoms with Gasteiger partial charge in [0.15, 0.2) is 0 Å². The highest BCUT2D eigenvalue weighted by Gasteiger charge is 2.63. The molecule has 3 amide bonds. The summed E-state index contributed by atoms with van der Waals surface area (Å²) in [5.74, 6) is 1.30. The molecule has 4 aliphatic carbocycles. The Bertz CT molecular complexity index is 1330. The minimum atomic E-state index is -0.594. The number of fused-ring (bicyclic) bond motifs is 1. The molecule has 6 aliphatic rings. The highest BCUT2D eigenvalue weighted by molar-refractivity contribution is 7.98. The molecule has 2 aromatic carbocycles. The summed E-state index contributed by atoms with van der Waals surface area (Å²) in [5, 5.41) is 17.1. The fourth-order valence-electron chi connectivity index (χ4n) is 8.02. The smallest absolute Gasteiger partial charge is 0.255 e. The maximum atomic E-state index is 13.1. The first-order valence-electron chi connectivity index (χ1n) is 13.8. The monoisotopic (exact) mass is 531 g/mol. The van der Waals surface area contributed by atoms with Crippen LogP contribution in [0.1, 0.15) is 72.0 Å². The van der Waals surface area contributed by atoms with Gasteiger partial charge in [-0.2, -0.15) is 0 Å². The van der Waals surface area contributed by atoms with Crippen LogP contribution in [0, 0.1) is 11.8 Å². The third kappa shape index (κ3) is 4.08. The normalized spacial score (nSPS) is 33.2. The molecule has 2 aliphatic heterocycles. The Morgan fingerprint density at radius 3 is 2.66 bits per heavy atom. The Balaban J connectivity index is 0.980. The minimum absolute atomic E-state index is 0.124. The first-order chi connectivity index (χ1) is 18.3. The summed E-state index contributed by atoms with van der Waals surface area (Å²) >= 11 is 1.71. The van der Waals surface area contributed by atoms with Crippen molar-refractivity contribution in [2.75, 3.05) is 0 Å². The molecule has 2 aromatic rings. The molecule has 0 aromatic heterocycles. The van der Waals surface area contributed by atoms with Gasteiger partial charge in [-0.1, -0.05) is 30.3 Å². The van der Waals surface area contributed by atoms with Gasteiger partial charge in [0, 0.05) is 41.3 Å². The number of hydrogen-bond acceptors (Lipinski definition) is 6. The van der Waals surface area contributed by atoms with Crippen LogP contribution in [0.15, 0.2) is 47.4 Å². The van der Waals surface area contributed by atoms with E-state index in [4.69, 9.17) is 0 Å². The predicted molar refractivity (Wildman–Crippen MR) is 143 cm³/mol. The zero-order valence-electron chi connectivity index (χ0n) is 21.4. The van der Waals surface area contributed by atoms with Crippen LogP contribution in [0.5, 0.6) is 0 Å². The number of hydrogen-bond donors (Lipinski definition) is 3. The quantitative estimate of drug-likeness (QED) is 0.374. The lowest BCUT2D eigenvalue weighted by molar-refractivity contribution is -0.136. The maximum Gasteiger partial charge on any atom is 0.255 e. The van der Waals surface area contributed by atoms with Crippen LogP contribution >= 0.6 is 11.8 Å². The van der Waals surface area contributed by atoms with Crippen molar-refractivity contribution >= 4 is 29.5 Å². The number of amides is 3. The Kier molecular flexibility index (Phi) is 5.73. The first kappa shape index (κ1) is 24.4. The van der Waals surface area contributed by atoms with Gasteiger partial charge in [0.2, 0.25) is 11.8 Å². The number of nitrogens with zero attached hydrogens (tertiary/aromatic N) is 1. The van der Waals surface area contributed by atoms with E-state index in [1.54, 1.807) is 16.7 Å². The Morgan fingerprint density at radius 2 is 1.87 bits per heavy atom. The van der Waals surface area contributed by atoms with Crippen LogP contribution in [-0.2, 0) is 28.4 Å². The molecule has 3 N–H and O–H groups in total. The number of benzene rings is 2. The third-order valence-electron chi connectivity index (χ3n) is 9.59. The lowest BCUT2D eigenvalue weighted by atomic mass is 9.77. The molecule has 0 spiro atoms. The summed E-state index contributed by atoms with van der Waals surface area (Å²) in [4.78, 5) is 39.7. The van der Waals surface area contributed by atoms with Gasteiger partial charge in [-0.15, -0.1) is 11.8 Å². The minimum Gasteiger partial charge on any atom is -0.390 e. The second kappa shape index (κ2) is 8.93. The summed E-state index contributed by atoms with van der Waals surface area (Å²) in [6.45, 7) is 1.23. The molecular formula is C30H33N3O4S. The van der Waals surface area contributed by atoms with Gasteiger partial charge in [0.05, 0.1) is 5.60 Å². The van der Waals surface area contributed by atoms with Crippen molar-refractivity contribution in [2.45, 2.75) is 85.9 Å². The number of piperidine rings is 1. The topological polar surface area (TPSA) is 98.7 Å². The molecular weight excluding hydrogens is 498 g/mol. The molecule has 5 unspecified atom stereocenters. The number of thioether (sulfide) groups is 1. The van der Waals surface area contributed by atoms with Crippen molar-refractivity contribution in [1.29, 1.82) is 0 Å². The Morgan fingerprint density at radius 1 is 1.05 bits per heavy atom. The molecule has 1 saturated heterocycles. The fraction of sp³-hybridized carbons (Fsp3) is 0.500. The molecule has 5 atom stereocenters. The van der Waals surface area contributed by atoms with Crippen LogP contribution < -0.4 is 10.6 Å². The van der Waals surface area contributed by atoms with Crippen molar-refractivity contribution in [1.82, 2.24) is 15.5 Å². The third-order valence-corrected chi connectivity index (χ3v) is 10.8. The van der Waals surface area contributed by atoms with Gasteiger partial charge in [0.1, 0.15) is 6.04 Å².